The molecular weight excluding hydrogens is 352 g/mol. The van der Waals surface area contributed by atoms with Crippen molar-refractivity contribution < 1.29 is 4.79 Å². The van der Waals surface area contributed by atoms with Crippen LogP contribution in [0.5, 0.6) is 0 Å². The van der Waals surface area contributed by atoms with Gasteiger partial charge in [-0.3, -0.25) is 4.79 Å². The third kappa shape index (κ3) is 3.01. The number of carbonyl (C=O) groups excluding carboxylic acids is 1. The van der Waals surface area contributed by atoms with Crippen LogP contribution >= 0.6 is 0 Å². The van der Waals surface area contributed by atoms with E-state index in [4.69, 9.17) is 5.26 Å². The van der Waals surface area contributed by atoms with Gasteiger partial charge < -0.3 is 15.2 Å². The summed E-state index contributed by atoms with van der Waals surface area (Å²) in [6.07, 6.45) is 9.58. The fourth-order valence-electron chi connectivity index (χ4n) is 5.27. The number of piperidine rings is 1. The van der Waals surface area contributed by atoms with E-state index < -0.39 is 0 Å². The molecule has 5 rings (SSSR count). The van der Waals surface area contributed by atoms with E-state index in [0.29, 0.717) is 5.92 Å². The van der Waals surface area contributed by atoms with E-state index in [2.05, 4.69) is 31.2 Å². The molecule has 1 spiro atoms. The lowest BCUT2D eigenvalue weighted by atomic mass is 9.81. The van der Waals surface area contributed by atoms with Crippen molar-refractivity contribution in [3.63, 3.8) is 0 Å². The minimum absolute atomic E-state index is 0.0977. The lowest BCUT2D eigenvalue weighted by molar-refractivity contribution is -0.128. The molecule has 7 nitrogen and oxygen atoms in total. The standard InChI is InChI=1S/C21H26N6O/c22-10-14-1-2-15(9-14)11-24-20(28)17-4-8-27(12-21(17)5-6-21)19-16-3-7-23-18(16)25-13-26-19/h3,7,13-15,17H,1-2,4-6,8-9,11-12H2,(H,24,28)(H,23,25,26)/t14-,15-,17?/m0/s1. The Morgan fingerprint density at radius 1 is 1.36 bits per heavy atom. The van der Waals surface area contributed by atoms with E-state index in [-0.39, 0.29) is 23.2 Å². The van der Waals surface area contributed by atoms with Gasteiger partial charge in [-0.2, -0.15) is 5.26 Å². The summed E-state index contributed by atoms with van der Waals surface area (Å²) in [5.41, 5.74) is 0.961. The molecule has 3 aliphatic rings. The molecule has 2 aliphatic carbocycles. The number of nitriles is 1. The molecule has 2 N–H and O–H groups in total. The molecule has 1 saturated heterocycles. The van der Waals surface area contributed by atoms with Crippen molar-refractivity contribution >= 4 is 22.8 Å². The van der Waals surface area contributed by atoms with Crippen LogP contribution in [0, 0.1) is 34.5 Å². The second-order valence-corrected chi connectivity index (χ2v) is 8.81. The first-order valence-corrected chi connectivity index (χ1v) is 10.4. The Hall–Kier alpha value is -2.62. The molecule has 146 valence electrons. The van der Waals surface area contributed by atoms with Crippen LogP contribution in [-0.2, 0) is 4.79 Å². The Morgan fingerprint density at radius 3 is 3.04 bits per heavy atom. The maximum Gasteiger partial charge on any atom is 0.223 e. The summed E-state index contributed by atoms with van der Waals surface area (Å²) < 4.78 is 0. The molecule has 3 atom stereocenters. The quantitative estimate of drug-likeness (QED) is 0.852. The van der Waals surface area contributed by atoms with Gasteiger partial charge in [0.25, 0.3) is 0 Å². The second kappa shape index (κ2) is 6.77. The Labute approximate surface area is 164 Å². The summed E-state index contributed by atoms with van der Waals surface area (Å²) >= 11 is 0. The fraction of sp³-hybridized carbons (Fsp3) is 0.619. The third-order valence-electron chi connectivity index (χ3n) is 7.06. The first kappa shape index (κ1) is 17.5. The highest BCUT2D eigenvalue weighted by atomic mass is 16.1. The molecule has 1 aliphatic heterocycles. The van der Waals surface area contributed by atoms with Gasteiger partial charge in [-0.05, 0) is 55.9 Å². The van der Waals surface area contributed by atoms with Crippen LogP contribution in [0.4, 0.5) is 5.82 Å². The lowest BCUT2D eigenvalue weighted by Gasteiger charge is -2.39. The Balaban J connectivity index is 1.24. The minimum atomic E-state index is 0.0977. The minimum Gasteiger partial charge on any atom is -0.356 e. The Morgan fingerprint density at radius 2 is 2.25 bits per heavy atom. The van der Waals surface area contributed by atoms with Gasteiger partial charge >= 0.3 is 0 Å². The average molecular weight is 378 g/mol. The van der Waals surface area contributed by atoms with Crippen LogP contribution in [0.15, 0.2) is 18.6 Å². The number of nitrogens with zero attached hydrogens (tertiary/aromatic N) is 4. The van der Waals surface area contributed by atoms with Crippen LogP contribution in [0.1, 0.15) is 38.5 Å². The van der Waals surface area contributed by atoms with Crippen molar-refractivity contribution in [2.45, 2.75) is 38.5 Å². The topological polar surface area (TPSA) is 97.7 Å². The van der Waals surface area contributed by atoms with Crippen LogP contribution in [0.25, 0.3) is 11.0 Å². The Bertz CT molecular complexity index is 926. The van der Waals surface area contributed by atoms with Gasteiger partial charge in [0.2, 0.25) is 5.91 Å². The molecule has 7 heteroatoms. The fourth-order valence-corrected chi connectivity index (χ4v) is 5.27. The molecule has 2 aromatic rings. The maximum absolute atomic E-state index is 13.0. The highest BCUT2D eigenvalue weighted by molar-refractivity contribution is 5.87. The molecule has 0 aromatic carbocycles. The number of anilines is 1. The van der Waals surface area contributed by atoms with E-state index in [1.165, 1.54) is 0 Å². The molecule has 28 heavy (non-hydrogen) atoms. The van der Waals surface area contributed by atoms with Crippen LogP contribution in [0.3, 0.4) is 0 Å². The average Bonchev–Trinajstić information content (AvgIpc) is 3.13. The van der Waals surface area contributed by atoms with Gasteiger partial charge in [-0.15, -0.1) is 0 Å². The molecular formula is C21H26N6O. The van der Waals surface area contributed by atoms with Gasteiger partial charge in [-0.1, -0.05) is 0 Å². The number of H-pyrrole nitrogens is 1. The summed E-state index contributed by atoms with van der Waals surface area (Å²) in [7, 11) is 0. The highest BCUT2D eigenvalue weighted by Crippen LogP contribution is 2.56. The number of rotatable bonds is 4. The number of hydrogen-bond donors (Lipinski definition) is 2. The van der Waals surface area contributed by atoms with E-state index in [9.17, 15) is 4.79 Å². The number of nitrogens with one attached hydrogen (secondary N) is 2. The van der Waals surface area contributed by atoms with Gasteiger partial charge in [0.15, 0.2) is 0 Å². The number of amides is 1. The number of aromatic amines is 1. The number of hydrogen-bond acceptors (Lipinski definition) is 5. The molecule has 0 bridgehead atoms. The van der Waals surface area contributed by atoms with Gasteiger partial charge in [0.05, 0.1) is 11.5 Å². The summed E-state index contributed by atoms with van der Waals surface area (Å²) in [5, 5.41) is 13.3. The van der Waals surface area contributed by atoms with Gasteiger partial charge in [0.1, 0.15) is 17.8 Å². The summed E-state index contributed by atoms with van der Waals surface area (Å²) in [4.78, 5) is 27.3. The predicted molar refractivity (Wildman–Crippen MR) is 105 cm³/mol. The molecule has 2 saturated carbocycles. The second-order valence-electron chi connectivity index (χ2n) is 8.81. The first-order chi connectivity index (χ1) is 13.7. The lowest BCUT2D eigenvalue weighted by Crippen LogP contribution is -2.48. The van der Waals surface area contributed by atoms with E-state index in [0.717, 1.165) is 75.0 Å². The van der Waals surface area contributed by atoms with Crippen molar-refractivity contribution in [2.75, 3.05) is 24.5 Å². The summed E-state index contributed by atoms with van der Waals surface area (Å²) in [5.74, 6) is 1.93. The third-order valence-corrected chi connectivity index (χ3v) is 7.06. The van der Waals surface area contributed by atoms with Crippen molar-refractivity contribution in [2.24, 2.45) is 23.2 Å². The first-order valence-electron chi connectivity index (χ1n) is 10.4. The zero-order valence-electron chi connectivity index (χ0n) is 16.0. The summed E-state index contributed by atoms with van der Waals surface area (Å²) in [6.45, 7) is 2.46. The van der Waals surface area contributed by atoms with Crippen molar-refractivity contribution in [3.8, 4) is 6.07 Å². The number of fused-ring (bicyclic) bond motifs is 1. The molecule has 1 unspecified atom stereocenters. The van der Waals surface area contributed by atoms with E-state index in [1.807, 2.05) is 12.3 Å². The van der Waals surface area contributed by atoms with Gasteiger partial charge in [-0.25, -0.2) is 9.97 Å². The maximum atomic E-state index is 13.0. The van der Waals surface area contributed by atoms with Gasteiger partial charge in [0, 0.05) is 37.7 Å². The smallest absolute Gasteiger partial charge is 0.223 e. The number of aromatic nitrogens is 3. The van der Waals surface area contributed by atoms with E-state index >= 15 is 0 Å². The van der Waals surface area contributed by atoms with E-state index in [1.54, 1.807) is 6.33 Å². The zero-order valence-corrected chi connectivity index (χ0v) is 16.0. The monoisotopic (exact) mass is 378 g/mol. The Kier molecular flexibility index (Phi) is 4.22. The molecule has 3 fully saturated rings. The van der Waals surface area contributed by atoms with Crippen molar-refractivity contribution in [1.29, 1.82) is 5.26 Å². The van der Waals surface area contributed by atoms with Crippen LogP contribution in [-0.4, -0.2) is 40.5 Å². The zero-order chi connectivity index (χ0) is 19.1. The summed E-state index contributed by atoms with van der Waals surface area (Å²) in [6, 6.07) is 4.40. The molecule has 1 amide bonds. The molecule has 3 heterocycles. The SMILES string of the molecule is N#C[C@H]1CC[C@H](CNC(=O)C2CCN(c3ncnc4[nH]ccc34)CC23CC3)C1. The largest absolute Gasteiger partial charge is 0.356 e. The number of carbonyl (C=O) groups is 1. The van der Waals surface area contributed by atoms with Crippen molar-refractivity contribution in [3.05, 3.63) is 18.6 Å². The predicted octanol–water partition coefficient (Wildman–Crippen LogP) is 2.62. The normalized spacial score (nSPS) is 28.4. The van der Waals surface area contributed by atoms with Crippen LogP contribution in [0.2, 0.25) is 0 Å². The highest BCUT2D eigenvalue weighted by Gasteiger charge is 2.55. The molecule has 2 aromatic heterocycles. The van der Waals surface area contributed by atoms with Crippen molar-refractivity contribution in [1.82, 2.24) is 20.3 Å². The molecule has 0 radical (unpaired) electrons. The van der Waals surface area contributed by atoms with Crippen LogP contribution < -0.4 is 10.2 Å².